The van der Waals surface area contributed by atoms with Gasteiger partial charge < -0.3 is 5.32 Å². The van der Waals surface area contributed by atoms with Crippen LogP contribution in [-0.4, -0.2) is 28.3 Å². The summed E-state index contributed by atoms with van der Waals surface area (Å²) >= 11 is 0. The van der Waals surface area contributed by atoms with Crippen LogP contribution in [0, 0.1) is 12.8 Å². The predicted octanol–water partition coefficient (Wildman–Crippen LogP) is 1.05. The number of hydrogen-bond donors (Lipinski definition) is 2. The third kappa shape index (κ3) is 2.54. The van der Waals surface area contributed by atoms with E-state index in [9.17, 15) is 0 Å². The van der Waals surface area contributed by atoms with Crippen molar-refractivity contribution in [2.75, 3.05) is 13.1 Å². The van der Waals surface area contributed by atoms with E-state index >= 15 is 0 Å². The highest BCUT2D eigenvalue weighted by Gasteiger charge is 2.14. The molecule has 0 amide bonds. The average molecular weight is 194 g/mol. The molecule has 0 radical (unpaired) electrons. The molecule has 1 aromatic rings. The van der Waals surface area contributed by atoms with E-state index in [0.717, 1.165) is 30.5 Å². The summed E-state index contributed by atoms with van der Waals surface area (Å²) in [4.78, 5) is 4.35. The van der Waals surface area contributed by atoms with Crippen LogP contribution in [0.4, 0.5) is 0 Å². The van der Waals surface area contributed by atoms with Crippen LogP contribution >= 0.6 is 0 Å². The van der Waals surface area contributed by atoms with Gasteiger partial charge in [0, 0.05) is 6.42 Å². The Bertz CT molecular complexity index is 273. The normalized spacial score (nSPS) is 23.4. The molecule has 14 heavy (non-hydrogen) atoms. The zero-order chi connectivity index (χ0) is 9.80. The van der Waals surface area contributed by atoms with Gasteiger partial charge in [0.1, 0.15) is 5.82 Å². The van der Waals surface area contributed by atoms with E-state index in [2.05, 4.69) is 20.5 Å². The third-order valence-corrected chi connectivity index (χ3v) is 2.81. The molecule has 0 aliphatic carbocycles. The van der Waals surface area contributed by atoms with Crippen LogP contribution in [0.3, 0.4) is 0 Å². The Labute approximate surface area is 84.5 Å². The standard InChI is InChI=1S/C10H18N4/c1-8-12-10(14-13-8)7-9-3-2-5-11-6-4-9/h9,11H,2-7H2,1H3,(H,12,13,14). The molecule has 1 aromatic heterocycles. The molecule has 1 saturated heterocycles. The quantitative estimate of drug-likeness (QED) is 0.739. The van der Waals surface area contributed by atoms with Crippen LogP contribution in [0.2, 0.25) is 0 Å². The first-order valence-corrected chi connectivity index (χ1v) is 5.43. The van der Waals surface area contributed by atoms with E-state index in [0.29, 0.717) is 0 Å². The number of aromatic amines is 1. The highest BCUT2D eigenvalue weighted by molar-refractivity contribution is 4.90. The summed E-state index contributed by atoms with van der Waals surface area (Å²) in [7, 11) is 0. The molecule has 2 rings (SSSR count). The van der Waals surface area contributed by atoms with E-state index in [1.807, 2.05) is 6.92 Å². The van der Waals surface area contributed by atoms with E-state index in [4.69, 9.17) is 0 Å². The Morgan fingerprint density at radius 3 is 3.07 bits per heavy atom. The fourth-order valence-electron chi connectivity index (χ4n) is 2.03. The maximum Gasteiger partial charge on any atom is 0.150 e. The molecular formula is C10H18N4. The Morgan fingerprint density at radius 1 is 1.36 bits per heavy atom. The number of nitrogens with zero attached hydrogens (tertiary/aromatic N) is 2. The molecule has 1 aliphatic heterocycles. The molecule has 2 N–H and O–H groups in total. The first kappa shape index (κ1) is 9.65. The molecule has 0 saturated carbocycles. The van der Waals surface area contributed by atoms with Gasteiger partial charge in [0.25, 0.3) is 0 Å². The van der Waals surface area contributed by atoms with Crippen molar-refractivity contribution in [1.82, 2.24) is 20.5 Å². The molecule has 2 heterocycles. The fraction of sp³-hybridized carbons (Fsp3) is 0.800. The topological polar surface area (TPSA) is 53.6 Å². The van der Waals surface area contributed by atoms with Gasteiger partial charge in [0.15, 0.2) is 5.82 Å². The highest BCUT2D eigenvalue weighted by atomic mass is 15.2. The molecule has 1 unspecified atom stereocenters. The second-order valence-electron chi connectivity index (χ2n) is 4.09. The highest BCUT2D eigenvalue weighted by Crippen LogP contribution is 2.17. The van der Waals surface area contributed by atoms with Gasteiger partial charge in [0.2, 0.25) is 0 Å². The zero-order valence-electron chi connectivity index (χ0n) is 8.71. The lowest BCUT2D eigenvalue weighted by Gasteiger charge is -2.10. The number of aromatic nitrogens is 3. The number of nitrogens with one attached hydrogen (secondary N) is 2. The summed E-state index contributed by atoms with van der Waals surface area (Å²) in [6.45, 7) is 4.27. The van der Waals surface area contributed by atoms with Crippen molar-refractivity contribution in [3.8, 4) is 0 Å². The molecule has 1 atom stereocenters. The minimum absolute atomic E-state index is 0.764. The van der Waals surface area contributed by atoms with Crippen molar-refractivity contribution in [2.45, 2.75) is 32.6 Å². The predicted molar refractivity (Wildman–Crippen MR) is 55.0 cm³/mol. The Hall–Kier alpha value is -0.900. The Morgan fingerprint density at radius 2 is 2.29 bits per heavy atom. The van der Waals surface area contributed by atoms with Crippen molar-refractivity contribution in [2.24, 2.45) is 5.92 Å². The summed E-state index contributed by atoms with van der Waals surface area (Å²) in [5.41, 5.74) is 0. The van der Waals surface area contributed by atoms with Crippen molar-refractivity contribution < 1.29 is 0 Å². The molecule has 0 spiro atoms. The maximum absolute atomic E-state index is 4.35. The molecule has 4 heteroatoms. The summed E-state index contributed by atoms with van der Waals surface area (Å²) in [5, 5.41) is 10.5. The minimum atomic E-state index is 0.764. The van der Waals surface area contributed by atoms with E-state index in [-0.39, 0.29) is 0 Å². The Balaban J connectivity index is 1.89. The van der Waals surface area contributed by atoms with Crippen molar-refractivity contribution in [3.63, 3.8) is 0 Å². The molecule has 78 valence electrons. The van der Waals surface area contributed by atoms with Crippen LogP contribution in [0.25, 0.3) is 0 Å². The van der Waals surface area contributed by atoms with Crippen molar-refractivity contribution >= 4 is 0 Å². The third-order valence-electron chi connectivity index (χ3n) is 2.81. The molecule has 1 fully saturated rings. The average Bonchev–Trinajstić information content (AvgIpc) is 2.43. The van der Waals surface area contributed by atoms with Gasteiger partial charge >= 0.3 is 0 Å². The van der Waals surface area contributed by atoms with Crippen molar-refractivity contribution in [3.05, 3.63) is 11.6 Å². The van der Waals surface area contributed by atoms with Gasteiger partial charge in [-0.1, -0.05) is 0 Å². The molecule has 0 aromatic carbocycles. The second-order valence-corrected chi connectivity index (χ2v) is 4.09. The smallest absolute Gasteiger partial charge is 0.150 e. The molecule has 4 nitrogen and oxygen atoms in total. The number of aryl methyl sites for hydroxylation is 1. The van der Waals surface area contributed by atoms with E-state index in [1.54, 1.807) is 0 Å². The number of rotatable bonds is 2. The van der Waals surface area contributed by atoms with Gasteiger partial charge in [-0.05, 0) is 45.2 Å². The summed E-state index contributed by atoms with van der Waals surface area (Å²) in [5.74, 6) is 2.67. The largest absolute Gasteiger partial charge is 0.317 e. The first-order chi connectivity index (χ1) is 6.84. The van der Waals surface area contributed by atoms with Crippen LogP contribution < -0.4 is 5.32 Å². The van der Waals surface area contributed by atoms with E-state index < -0.39 is 0 Å². The van der Waals surface area contributed by atoms with Gasteiger partial charge in [-0.15, -0.1) is 0 Å². The summed E-state index contributed by atoms with van der Waals surface area (Å²) in [6, 6.07) is 0. The van der Waals surface area contributed by atoms with Gasteiger partial charge in [0.05, 0.1) is 0 Å². The molecular weight excluding hydrogens is 176 g/mol. The first-order valence-electron chi connectivity index (χ1n) is 5.43. The monoisotopic (exact) mass is 194 g/mol. The van der Waals surface area contributed by atoms with Crippen LogP contribution in [0.15, 0.2) is 0 Å². The lowest BCUT2D eigenvalue weighted by Crippen LogP contribution is -2.14. The second kappa shape index (κ2) is 4.55. The fourth-order valence-corrected chi connectivity index (χ4v) is 2.03. The van der Waals surface area contributed by atoms with Crippen LogP contribution in [0.5, 0.6) is 0 Å². The Kier molecular flexibility index (Phi) is 3.14. The summed E-state index contributed by atoms with van der Waals surface area (Å²) in [6.07, 6.45) is 4.88. The zero-order valence-corrected chi connectivity index (χ0v) is 8.71. The van der Waals surface area contributed by atoms with Gasteiger partial charge in [-0.3, -0.25) is 5.10 Å². The van der Waals surface area contributed by atoms with Gasteiger partial charge in [-0.2, -0.15) is 5.10 Å². The number of H-pyrrole nitrogens is 1. The lowest BCUT2D eigenvalue weighted by molar-refractivity contribution is 0.460. The van der Waals surface area contributed by atoms with Crippen molar-refractivity contribution in [1.29, 1.82) is 0 Å². The lowest BCUT2D eigenvalue weighted by atomic mass is 9.97. The van der Waals surface area contributed by atoms with Crippen LogP contribution in [-0.2, 0) is 6.42 Å². The molecule has 1 aliphatic rings. The SMILES string of the molecule is Cc1nc(CC2CCCNCC2)n[nH]1. The maximum atomic E-state index is 4.35. The minimum Gasteiger partial charge on any atom is -0.317 e. The molecule has 0 bridgehead atoms. The van der Waals surface area contributed by atoms with Crippen LogP contribution in [0.1, 0.15) is 30.9 Å². The van der Waals surface area contributed by atoms with E-state index in [1.165, 1.54) is 25.8 Å². The summed E-state index contributed by atoms with van der Waals surface area (Å²) < 4.78 is 0. The van der Waals surface area contributed by atoms with Gasteiger partial charge in [-0.25, -0.2) is 4.98 Å². The number of hydrogen-bond acceptors (Lipinski definition) is 3.